The lowest BCUT2D eigenvalue weighted by atomic mass is 10.1. The van der Waals surface area contributed by atoms with Crippen LogP contribution in [0.5, 0.6) is 0 Å². The maximum Gasteiger partial charge on any atom is 0.340 e. The number of hydrogen-bond acceptors (Lipinski definition) is 4. The summed E-state index contributed by atoms with van der Waals surface area (Å²) in [5.74, 6) is -0.657. The second kappa shape index (κ2) is 7.78. The second-order valence-electron chi connectivity index (χ2n) is 6.72. The molecule has 6 nitrogen and oxygen atoms in total. The minimum atomic E-state index is -0.490. The van der Waals surface area contributed by atoms with E-state index in [-0.39, 0.29) is 18.3 Å². The molecular weight excluding hydrogens is 344 g/mol. The smallest absolute Gasteiger partial charge is 0.340 e. The minimum Gasteiger partial charge on any atom is -0.454 e. The number of esters is 1. The lowest BCUT2D eigenvalue weighted by Gasteiger charge is -2.15. The molecule has 0 aliphatic carbocycles. The summed E-state index contributed by atoms with van der Waals surface area (Å²) < 4.78 is 7.24. The van der Waals surface area contributed by atoms with E-state index in [1.54, 1.807) is 35.2 Å². The zero-order valence-electron chi connectivity index (χ0n) is 15.9. The zero-order valence-corrected chi connectivity index (χ0v) is 15.9. The number of nitrogens with zero attached hydrogens (tertiary/aromatic N) is 2. The summed E-state index contributed by atoms with van der Waals surface area (Å²) in [6, 6.07) is 8.63. The highest BCUT2D eigenvalue weighted by Crippen LogP contribution is 2.22. The van der Waals surface area contributed by atoms with E-state index in [1.807, 2.05) is 25.3 Å². The summed E-state index contributed by atoms with van der Waals surface area (Å²) in [7, 11) is 0. The molecule has 1 amide bonds. The molecule has 1 fully saturated rings. The fraction of sp³-hybridized carbons (Fsp3) is 0.381. The minimum absolute atomic E-state index is 0.104. The van der Waals surface area contributed by atoms with E-state index >= 15 is 0 Å². The average molecular weight is 368 g/mol. The highest BCUT2D eigenvalue weighted by atomic mass is 16.5. The Hall–Kier alpha value is -2.89. The van der Waals surface area contributed by atoms with Crippen LogP contribution in [0, 0.1) is 13.8 Å². The number of amides is 1. The normalized spacial score (nSPS) is 13.9. The molecule has 0 radical (unpaired) electrons. The fourth-order valence-corrected chi connectivity index (χ4v) is 3.53. The van der Waals surface area contributed by atoms with Gasteiger partial charge in [-0.05, 0) is 57.5 Å². The molecule has 1 aromatic heterocycles. The lowest BCUT2D eigenvalue weighted by molar-refractivity contribution is -0.117. The Morgan fingerprint density at radius 1 is 1.15 bits per heavy atom. The van der Waals surface area contributed by atoms with E-state index in [0.717, 1.165) is 30.0 Å². The summed E-state index contributed by atoms with van der Waals surface area (Å²) in [5.41, 5.74) is 3.56. The average Bonchev–Trinajstić information content (AvgIpc) is 3.22. The van der Waals surface area contributed by atoms with Crippen molar-refractivity contribution in [2.75, 3.05) is 18.1 Å². The Morgan fingerprint density at radius 3 is 2.41 bits per heavy atom. The number of hydrogen-bond donors (Lipinski definition) is 0. The van der Waals surface area contributed by atoms with Crippen molar-refractivity contribution in [1.82, 2.24) is 4.57 Å². The Morgan fingerprint density at radius 2 is 1.85 bits per heavy atom. The van der Waals surface area contributed by atoms with Crippen molar-refractivity contribution in [1.29, 1.82) is 0 Å². The molecule has 0 saturated carbocycles. The molecule has 0 atom stereocenters. The number of aryl methyl sites for hydroxylation is 1. The van der Waals surface area contributed by atoms with Gasteiger partial charge >= 0.3 is 5.97 Å². The third-order valence-corrected chi connectivity index (χ3v) is 5.02. The van der Waals surface area contributed by atoms with Gasteiger partial charge in [-0.25, -0.2) is 4.79 Å². The first kappa shape index (κ1) is 18.9. The second-order valence-corrected chi connectivity index (χ2v) is 6.72. The van der Waals surface area contributed by atoms with Gasteiger partial charge in [0.15, 0.2) is 12.4 Å². The van der Waals surface area contributed by atoms with Gasteiger partial charge < -0.3 is 14.2 Å². The molecule has 0 unspecified atom stereocenters. The monoisotopic (exact) mass is 368 g/mol. The summed E-state index contributed by atoms with van der Waals surface area (Å²) in [4.78, 5) is 38.1. The molecule has 2 aromatic rings. The molecule has 0 spiro atoms. The molecule has 0 N–H and O–H groups in total. The van der Waals surface area contributed by atoms with Crippen molar-refractivity contribution in [2.45, 2.75) is 40.2 Å². The Balaban J connectivity index is 1.62. The van der Waals surface area contributed by atoms with E-state index in [2.05, 4.69) is 0 Å². The molecule has 1 aromatic carbocycles. The SMILES string of the molecule is CCn1c(C)cc(C(=O)OCC(=O)c2ccc(N3CCCC3=O)cc2)c1C. The molecular formula is C21H24N2O4. The van der Waals surface area contributed by atoms with Gasteiger partial charge in [0, 0.05) is 42.1 Å². The number of Topliss-reactive ketones (excluding diaryl/α,β-unsaturated/α-hetero) is 1. The van der Waals surface area contributed by atoms with Gasteiger partial charge in [-0.3, -0.25) is 9.59 Å². The van der Waals surface area contributed by atoms with Crippen LogP contribution in [0.15, 0.2) is 30.3 Å². The molecule has 2 heterocycles. The molecule has 27 heavy (non-hydrogen) atoms. The van der Waals surface area contributed by atoms with Crippen LogP contribution < -0.4 is 4.90 Å². The van der Waals surface area contributed by atoms with Crippen LogP contribution >= 0.6 is 0 Å². The third kappa shape index (κ3) is 3.79. The predicted octanol–water partition coefficient (Wildman–Crippen LogP) is 3.29. The van der Waals surface area contributed by atoms with Gasteiger partial charge in [0.25, 0.3) is 0 Å². The van der Waals surface area contributed by atoms with Gasteiger partial charge in [0.1, 0.15) is 0 Å². The zero-order chi connectivity index (χ0) is 19.6. The van der Waals surface area contributed by atoms with Gasteiger partial charge in [-0.2, -0.15) is 0 Å². The molecule has 3 rings (SSSR count). The van der Waals surface area contributed by atoms with Crippen LogP contribution in [-0.2, 0) is 16.1 Å². The van der Waals surface area contributed by atoms with Crippen LogP contribution in [0.2, 0.25) is 0 Å². The summed E-state index contributed by atoms with van der Waals surface area (Å²) >= 11 is 0. The Bertz CT molecular complexity index is 880. The highest BCUT2D eigenvalue weighted by molar-refractivity contribution is 6.00. The van der Waals surface area contributed by atoms with Crippen LogP contribution in [0.4, 0.5) is 5.69 Å². The predicted molar refractivity (Wildman–Crippen MR) is 102 cm³/mol. The van der Waals surface area contributed by atoms with Crippen LogP contribution in [-0.4, -0.2) is 35.4 Å². The maximum absolute atomic E-state index is 12.3. The summed E-state index contributed by atoms with van der Waals surface area (Å²) in [6.07, 6.45) is 1.42. The van der Waals surface area contributed by atoms with Crippen LogP contribution in [0.1, 0.15) is 51.9 Å². The first-order valence-corrected chi connectivity index (χ1v) is 9.19. The van der Waals surface area contributed by atoms with Crippen molar-refractivity contribution in [3.8, 4) is 0 Å². The number of benzene rings is 1. The lowest BCUT2D eigenvalue weighted by Crippen LogP contribution is -2.23. The fourth-order valence-electron chi connectivity index (χ4n) is 3.53. The molecule has 1 aliphatic rings. The van der Waals surface area contributed by atoms with Crippen molar-refractivity contribution in [3.05, 3.63) is 52.8 Å². The van der Waals surface area contributed by atoms with E-state index in [4.69, 9.17) is 4.74 Å². The van der Waals surface area contributed by atoms with Crippen molar-refractivity contribution >= 4 is 23.3 Å². The maximum atomic E-state index is 12.3. The summed E-state index contributed by atoms with van der Waals surface area (Å²) in [6.45, 7) is 6.99. The standard InChI is InChI=1S/C21H24N2O4/c1-4-22-14(2)12-18(15(22)3)21(26)27-13-19(24)16-7-9-17(10-8-16)23-11-5-6-20(23)25/h7-10,12H,4-6,11,13H2,1-3H3. The summed E-state index contributed by atoms with van der Waals surface area (Å²) in [5, 5.41) is 0. The van der Waals surface area contributed by atoms with Crippen LogP contribution in [0.3, 0.4) is 0 Å². The first-order chi connectivity index (χ1) is 12.9. The number of aromatic nitrogens is 1. The van der Waals surface area contributed by atoms with E-state index in [1.165, 1.54) is 0 Å². The van der Waals surface area contributed by atoms with E-state index in [9.17, 15) is 14.4 Å². The van der Waals surface area contributed by atoms with Gasteiger partial charge in [0.2, 0.25) is 5.91 Å². The van der Waals surface area contributed by atoms with Crippen molar-refractivity contribution in [2.24, 2.45) is 0 Å². The molecule has 6 heteroatoms. The molecule has 1 saturated heterocycles. The Kier molecular flexibility index (Phi) is 5.44. The van der Waals surface area contributed by atoms with Crippen molar-refractivity contribution < 1.29 is 19.1 Å². The van der Waals surface area contributed by atoms with Gasteiger partial charge in [-0.1, -0.05) is 0 Å². The Labute approximate surface area is 158 Å². The number of anilines is 1. The topological polar surface area (TPSA) is 68.6 Å². The molecule has 1 aliphatic heterocycles. The van der Waals surface area contributed by atoms with E-state index < -0.39 is 5.97 Å². The van der Waals surface area contributed by atoms with Crippen LogP contribution in [0.25, 0.3) is 0 Å². The van der Waals surface area contributed by atoms with Gasteiger partial charge in [-0.15, -0.1) is 0 Å². The first-order valence-electron chi connectivity index (χ1n) is 9.19. The largest absolute Gasteiger partial charge is 0.454 e. The number of carbonyl (C=O) groups excluding carboxylic acids is 3. The molecule has 142 valence electrons. The number of rotatable bonds is 6. The highest BCUT2D eigenvalue weighted by Gasteiger charge is 2.22. The van der Waals surface area contributed by atoms with E-state index in [0.29, 0.717) is 24.1 Å². The van der Waals surface area contributed by atoms with Gasteiger partial charge in [0.05, 0.1) is 5.56 Å². The number of ketones is 1. The molecule has 0 bridgehead atoms. The quantitative estimate of drug-likeness (QED) is 0.580. The third-order valence-electron chi connectivity index (χ3n) is 5.02. The number of ether oxygens (including phenoxy) is 1. The van der Waals surface area contributed by atoms with Crippen molar-refractivity contribution in [3.63, 3.8) is 0 Å². The number of carbonyl (C=O) groups is 3.